The van der Waals surface area contributed by atoms with Crippen LogP contribution in [0.1, 0.15) is 44.7 Å². The summed E-state index contributed by atoms with van der Waals surface area (Å²) < 4.78 is 7.72. The maximum Gasteiger partial charge on any atom is 0.222 e. The van der Waals surface area contributed by atoms with Gasteiger partial charge in [-0.3, -0.25) is 4.79 Å². The van der Waals surface area contributed by atoms with Gasteiger partial charge >= 0.3 is 0 Å². The molecule has 1 fully saturated rings. The molecule has 2 aromatic heterocycles. The van der Waals surface area contributed by atoms with Crippen LogP contribution in [-0.2, 0) is 11.3 Å². The molecule has 0 bridgehead atoms. The van der Waals surface area contributed by atoms with E-state index in [0.29, 0.717) is 32.0 Å². The summed E-state index contributed by atoms with van der Waals surface area (Å²) in [7, 11) is 0. The van der Waals surface area contributed by atoms with Gasteiger partial charge in [-0.15, -0.1) is 0 Å². The van der Waals surface area contributed by atoms with Gasteiger partial charge in [-0.1, -0.05) is 32.0 Å². The van der Waals surface area contributed by atoms with Gasteiger partial charge in [-0.05, 0) is 30.9 Å². The molecule has 1 aliphatic heterocycles. The van der Waals surface area contributed by atoms with Crippen LogP contribution in [0.15, 0.2) is 42.7 Å². The van der Waals surface area contributed by atoms with Gasteiger partial charge in [0.1, 0.15) is 17.9 Å². The lowest BCUT2D eigenvalue weighted by Crippen LogP contribution is -2.39. The number of amides is 1. The first-order valence-corrected chi connectivity index (χ1v) is 10.7. The average Bonchev–Trinajstić information content (AvgIpc) is 3.13. The molecule has 1 aliphatic rings. The van der Waals surface area contributed by atoms with Crippen molar-refractivity contribution in [3.8, 4) is 5.75 Å². The summed E-state index contributed by atoms with van der Waals surface area (Å²) in [5.41, 5.74) is 2.55. The second-order valence-electron chi connectivity index (χ2n) is 8.28. The second-order valence-corrected chi connectivity index (χ2v) is 8.28. The van der Waals surface area contributed by atoms with E-state index in [-0.39, 0.29) is 11.8 Å². The van der Waals surface area contributed by atoms with Crippen molar-refractivity contribution in [1.82, 2.24) is 24.6 Å². The number of para-hydroxylation sites is 1. The van der Waals surface area contributed by atoms with Crippen molar-refractivity contribution in [2.24, 2.45) is 5.92 Å². The number of rotatable bonds is 7. The number of benzene rings is 1. The molecule has 0 saturated carbocycles. The number of aromatic nitrogens is 4. The first kappa shape index (κ1) is 20.3. The molecule has 1 saturated heterocycles. The highest BCUT2D eigenvalue weighted by Crippen LogP contribution is 2.30. The van der Waals surface area contributed by atoms with Crippen LogP contribution in [-0.4, -0.2) is 50.3 Å². The van der Waals surface area contributed by atoms with Crippen molar-refractivity contribution in [2.75, 3.05) is 19.7 Å². The van der Waals surface area contributed by atoms with Crippen LogP contribution in [0.5, 0.6) is 5.75 Å². The van der Waals surface area contributed by atoms with E-state index >= 15 is 0 Å². The number of ether oxygens (including phenoxy) is 1. The van der Waals surface area contributed by atoms with Gasteiger partial charge in [0.15, 0.2) is 5.65 Å². The van der Waals surface area contributed by atoms with Gasteiger partial charge in [0.25, 0.3) is 0 Å². The zero-order chi connectivity index (χ0) is 20.9. The van der Waals surface area contributed by atoms with Gasteiger partial charge in [-0.25, -0.2) is 14.6 Å². The zero-order valence-corrected chi connectivity index (χ0v) is 17.7. The molecule has 3 heterocycles. The number of carbonyl (C=O) groups is 1. The molecule has 0 radical (unpaired) electrons. The van der Waals surface area contributed by atoms with E-state index in [4.69, 9.17) is 9.84 Å². The van der Waals surface area contributed by atoms with Crippen molar-refractivity contribution in [1.29, 1.82) is 0 Å². The van der Waals surface area contributed by atoms with E-state index in [1.165, 1.54) is 0 Å². The van der Waals surface area contributed by atoms with E-state index in [1.54, 1.807) is 12.4 Å². The molecule has 0 N–H and O–H groups in total. The highest BCUT2D eigenvalue weighted by atomic mass is 16.5. The van der Waals surface area contributed by atoms with E-state index in [0.717, 1.165) is 42.0 Å². The average molecular weight is 408 g/mol. The third kappa shape index (κ3) is 4.61. The number of fused-ring (bicyclic) bond motifs is 1. The number of carbonyl (C=O) groups excluding carboxylic acids is 1. The fraction of sp³-hybridized carbons (Fsp3) is 0.478. The summed E-state index contributed by atoms with van der Waals surface area (Å²) in [6.07, 6.45) is 6.00. The molecule has 0 spiro atoms. The molecule has 7 nitrogen and oxygen atoms in total. The maximum atomic E-state index is 12.6. The standard InChI is InChI=1S/C23H29N5O2/c1-17(2)15-20(29)27-12-6-7-18(16-27)21-22-23(25-11-10-24-22)28(26-21)13-14-30-19-8-4-3-5-9-19/h3-5,8-11,17-18H,6-7,12-16H2,1-2H3/t18-/m1/s1. The van der Waals surface area contributed by atoms with Crippen LogP contribution in [0.2, 0.25) is 0 Å². The highest BCUT2D eigenvalue weighted by molar-refractivity contribution is 5.77. The van der Waals surface area contributed by atoms with Crippen LogP contribution in [0, 0.1) is 5.92 Å². The predicted molar refractivity (Wildman–Crippen MR) is 115 cm³/mol. The molecule has 1 amide bonds. The third-order valence-corrected chi connectivity index (χ3v) is 5.45. The third-order valence-electron chi connectivity index (χ3n) is 5.45. The number of hydrogen-bond donors (Lipinski definition) is 0. The lowest BCUT2D eigenvalue weighted by atomic mass is 9.93. The lowest BCUT2D eigenvalue weighted by molar-refractivity contribution is -0.133. The highest BCUT2D eigenvalue weighted by Gasteiger charge is 2.29. The van der Waals surface area contributed by atoms with Crippen molar-refractivity contribution in [3.05, 3.63) is 48.4 Å². The van der Waals surface area contributed by atoms with Gasteiger partial charge < -0.3 is 9.64 Å². The fourth-order valence-electron chi connectivity index (χ4n) is 4.03. The minimum absolute atomic E-state index is 0.186. The van der Waals surface area contributed by atoms with Gasteiger partial charge in [0, 0.05) is 37.8 Å². The van der Waals surface area contributed by atoms with Gasteiger partial charge in [0.05, 0.1) is 12.2 Å². The minimum Gasteiger partial charge on any atom is -0.492 e. The molecular weight excluding hydrogens is 378 g/mol. The van der Waals surface area contributed by atoms with E-state index in [2.05, 4.69) is 23.8 Å². The molecule has 0 aliphatic carbocycles. The normalized spacial score (nSPS) is 16.9. The summed E-state index contributed by atoms with van der Waals surface area (Å²) in [5.74, 6) is 1.63. The van der Waals surface area contributed by atoms with Crippen LogP contribution >= 0.6 is 0 Å². The molecule has 1 aromatic carbocycles. The van der Waals surface area contributed by atoms with Crippen molar-refractivity contribution < 1.29 is 9.53 Å². The molecule has 4 rings (SSSR count). The van der Waals surface area contributed by atoms with Crippen LogP contribution < -0.4 is 4.74 Å². The van der Waals surface area contributed by atoms with Crippen LogP contribution in [0.3, 0.4) is 0 Å². The Bertz CT molecular complexity index is 986. The Kier molecular flexibility index (Phi) is 6.26. The zero-order valence-electron chi connectivity index (χ0n) is 17.7. The van der Waals surface area contributed by atoms with E-state index in [1.807, 2.05) is 39.9 Å². The number of likely N-dealkylation sites (tertiary alicyclic amines) is 1. The summed E-state index contributed by atoms with van der Waals surface area (Å²) in [4.78, 5) is 23.7. The molecule has 0 unspecified atom stereocenters. The van der Waals surface area contributed by atoms with Gasteiger partial charge in [0.2, 0.25) is 5.91 Å². The van der Waals surface area contributed by atoms with E-state index < -0.39 is 0 Å². The van der Waals surface area contributed by atoms with Crippen LogP contribution in [0.4, 0.5) is 0 Å². The minimum atomic E-state index is 0.186. The van der Waals surface area contributed by atoms with E-state index in [9.17, 15) is 4.79 Å². The summed E-state index contributed by atoms with van der Waals surface area (Å²) in [5, 5.41) is 4.87. The molecular formula is C23H29N5O2. The molecule has 158 valence electrons. The number of hydrogen-bond acceptors (Lipinski definition) is 5. The Morgan fingerprint density at radius 2 is 2.00 bits per heavy atom. The first-order valence-electron chi connectivity index (χ1n) is 10.7. The Balaban J connectivity index is 1.50. The molecule has 1 atom stereocenters. The van der Waals surface area contributed by atoms with Gasteiger partial charge in [-0.2, -0.15) is 5.10 Å². The largest absolute Gasteiger partial charge is 0.492 e. The quantitative estimate of drug-likeness (QED) is 0.598. The molecule has 7 heteroatoms. The number of piperidine rings is 1. The first-order chi connectivity index (χ1) is 14.6. The SMILES string of the molecule is CC(C)CC(=O)N1CCC[C@@H](c2nn(CCOc3ccccc3)c3nccnc23)C1. The summed E-state index contributed by atoms with van der Waals surface area (Å²) in [6, 6.07) is 9.76. The monoisotopic (exact) mass is 407 g/mol. The Labute approximate surface area is 177 Å². The van der Waals surface area contributed by atoms with Crippen molar-refractivity contribution in [3.63, 3.8) is 0 Å². The Morgan fingerprint density at radius 1 is 1.20 bits per heavy atom. The smallest absolute Gasteiger partial charge is 0.222 e. The predicted octanol–water partition coefficient (Wildman–Crippen LogP) is 3.66. The Hall–Kier alpha value is -2.96. The Morgan fingerprint density at radius 3 is 2.80 bits per heavy atom. The summed E-state index contributed by atoms with van der Waals surface area (Å²) in [6.45, 7) is 6.79. The topological polar surface area (TPSA) is 73.1 Å². The fourth-order valence-corrected chi connectivity index (χ4v) is 4.03. The maximum absolute atomic E-state index is 12.6. The van der Waals surface area contributed by atoms with Crippen LogP contribution in [0.25, 0.3) is 11.2 Å². The second kappa shape index (κ2) is 9.24. The molecule has 30 heavy (non-hydrogen) atoms. The number of nitrogens with zero attached hydrogens (tertiary/aromatic N) is 5. The molecule has 3 aromatic rings. The lowest BCUT2D eigenvalue weighted by Gasteiger charge is -2.32. The van der Waals surface area contributed by atoms with Crippen molar-refractivity contribution in [2.45, 2.75) is 45.6 Å². The summed E-state index contributed by atoms with van der Waals surface area (Å²) >= 11 is 0. The van der Waals surface area contributed by atoms with Crippen molar-refractivity contribution >= 4 is 17.1 Å².